The van der Waals surface area contributed by atoms with Gasteiger partial charge in [0.05, 0.1) is 5.56 Å². The van der Waals surface area contributed by atoms with Gasteiger partial charge in [-0.1, -0.05) is 30.3 Å². The molecule has 3 nitrogen and oxygen atoms in total. The number of carbonyl (C=O) groups is 1. The van der Waals surface area contributed by atoms with Crippen LogP contribution in [0.25, 0.3) is 0 Å². The Kier molecular flexibility index (Phi) is 5.61. The van der Waals surface area contributed by atoms with Gasteiger partial charge in [0.25, 0.3) is 5.91 Å². The molecule has 0 saturated carbocycles. The molecular weight excluding hydrogens is 341 g/mol. The smallest absolute Gasteiger partial charge is 0.349 e. The Hall–Kier alpha value is -2.34. The van der Waals surface area contributed by atoms with Gasteiger partial charge in [-0.3, -0.25) is 9.69 Å². The summed E-state index contributed by atoms with van der Waals surface area (Å²) >= 11 is 0. The van der Waals surface area contributed by atoms with E-state index in [9.17, 15) is 18.0 Å². The van der Waals surface area contributed by atoms with Crippen molar-refractivity contribution in [3.63, 3.8) is 0 Å². The zero-order chi connectivity index (χ0) is 18.6. The third-order valence-corrected chi connectivity index (χ3v) is 4.65. The summed E-state index contributed by atoms with van der Waals surface area (Å²) < 4.78 is 37.7. The van der Waals surface area contributed by atoms with E-state index in [0.717, 1.165) is 44.6 Å². The molecule has 0 bridgehead atoms. The molecule has 0 spiro atoms. The highest BCUT2D eigenvalue weighted by Gasteiger charge is 2.30. The molecular formula is C20H21F3N2O. The highest BCUT2D eigenvalue weighted by molar-refractivity contribution is 5.94. The molecule has 26 heavy (non-hydrogen) atoms. The summed E-state index contributed by atoms with van der Waals surface area (Å²) in [7, 11) is 0. The van der Waals surface area contributed by atoms with Crippen LogP contribution in [0.1, 0.15) is 34.3 Å². The van der Waals surface area contributed by atoms with Crippen LogP contribution in [0.5, 0.6) is 0 Å². The monoisotopic (exact) mass is 362 g/mol. The van der Waals surface area contributed by atoms with Gasteiger partial charge in [-0.2, -0.15) is 13.2 Å². The molecule has 2 aromatic carbocycles. The number of carbonyl (C=O) groups excluding carboxylic acids is 1. The number of nitrogens with one attached hydrogen (secondary N) is 1. The highest BCUT2D eigenvalue weighted by Crippen LogP contribution is 2.29. The zero-order valence-electron chi connectivity index (χ0n) is 14.3. The van der Waals surface area contributed by atoms with Crippen LogP contribution in [-0.2, 0) is 12.7 Å². The first-order valence-electron chi connectivity index (χ1n) is 8.66. The number of halogens is 3. The summed E-state index contributed by atoms with van der Waals surface area (Å²) in [4.78, 5) is 14.6. The van der Waals surface area contributed by atoms with Crippen LogP contribution in [-0.4, -0.2) is 29.9 Å². The van der Waals surface area contributed by atoms with Crippen molar-refractivity contribution >= 4 is 5.91 Å². The molecule has 1 N–H and O–H groups in total. The van der Waals surface area contributed by atoms with Crippen molar-refractivity contribution in [1.29, 1.82) is 0 Å². The van der Waals surface area contributed by atoms with Crippen molar-refractivity contribution in [1.82, 2.24) is 10.2 Å². The van der Waals surface area contributed by atoms with E-state index in [4.69, 9.17) is 0 Å². The first-order valence-corrected chi connectivity index (χ1v) is 8.66. The summed E-state index contributed by atoms with van der Waals surface area (Å²) in [5.41, 5.74) is 0.771. The first kappa shape index (κ1) is 18.5. The Balaban J connectivity index is 1.49. The summed E-state index contributed by atoms with van der Waals surface area (Å²) in [5, 5.41) is 2.93. The van der Waals surface area contributed by atoms with Gasteiger partial charge in [-0.05, 0) is 42.7 Å². The predicted molar refractivity (Wildman–Crippen MR) is 93.7 cm³/mol. The molecule has 6 heteroatoms. The maximum absolute atomic E-state index is 12.6. The lowest BCUT2D eigenvalue weighted by Gasteiger charge is -2.32. The van der Waals surface area contributed by atoms with Crippen molar-refractivity contribution in [2.45, 2.75) is 31.6 Å². The van der Waals surface area contributed by atoms with Crippen molar-refractivity contribution in [3.05, 3.63) is 71.3 Å². The van der Waals surface area contributed by atoms with Gasteiger partial charge in [-0.15, -0.1) is 0 Å². The second-order valence-corrected chi connectivity index (χ2v) is 6.58. The number of piperidine rings is 1. The number of alkyl halides is 3. The minimum absolute atomic E-state index is 0.0526. The summed E-state index contributed by atoms with van der Waals surface area (Å²) in [5.74, 6) is -0.319. The van der Waals surface area contributed by atoms with Gasteiger partial charge in [-0.25, -0.2) is 0 Å². The van der Waals surface area contributed by atoms with Gasteiger partial charge in [0, 0.05) is 31.2 Å². The number of hydrogen-bond donors (Lipinski definition) is 1. The van der Waals surface area contributed by atoms with Crippen LogP contribution in [0.4, 0.5) is 13.2 Å². The van der Waals surface area contributed by atoms with Crippen LogP contribution >= 0.6 is 0 Å². The molecule has 1 amide bonds. The van der Waals surface area contributed by atoms with E-state index in [1.807, 2.05) is 18.2 Å². The molecule has 0 aliphatic carbocycles. The van der Waals surface area contributed by atoms with Crippen molar-refractivity contribution in [2.75, 3.05) is 13.1 Å². The van der Waals surface area contributed by atoms with Crippen molar-refractivity contribution < 1.29 is 18.0 Å². The molecule has 0 aromatic heterocycles. The SMILES string of the molecule is O=C(NC1CCN(Cc2ccccc2)CC1)c1ccc(C(F)(F)F)cc1. The van der Waals surface area contributed by atoms with Crippen molar-refractivity contribution in [2.24, 2.45) is 0 Å². The Morgan fingerprint density at radius 2 is 1.62 bits per heavy atom. The maximum atomic E-state index is 12.6. The highest BCUT2D eigenvalue weighted by atomic mass is 19.4. The minimum atomic E-state index is -4.39. The second-order valence-electron chi connectivity index (χ2n) is 6.58. The third kappa shape index (κ3) is 4.85. The molecule has 1 aliphatic rings. The number of nitrogens with zero attached hydrogens (tertiary/aromatic N) is 1. The largest absolute Gasteiger partial charge is 0.416 e. The standard InChI is InChI=1S/C20H21F3N2O/c21-20(22,23)17-8-6-16(7-9-17)19(26)24-18-10-12-25(13-11-18)14-15-4-2-1-3-5-15/h1-9,18H,10-14H2,(H,24,26). The Labute approximate surface area is 150 Å². The van der Waals surface area contributed by atoms with Gasteiger partial charge < -0.3 is 5.32 Å². The fourth-order valence-electron chi connectivity index (χ4n) is 3.16. The summed E-state index contributed by atoms with van der Waals surface area (Å²) in [6, 6.07) is 14.6. The first-order chi connectivity index (χ1) is 12.4. The Morgan fingerprint density at radius 3 is 2.19 bits per heavy atom. The van der Waals surface area contributed by atoms with Crippen molar-refractivity contribution in [3.8, 4) is 0 Å². The molecule has 1 saturated heterocycles. The lowest BCUT2D eigenvalue weighted by atomic mass is 10.0. The zero-order valence-corrected chi connectivity index (χ0v) is 14.3. The van der Waals surface area contributed by atoms with Crippen LogP contribution in [0.15, 0.2) is 54.6 Å². The molecule has 2 aromatic rings. The number of benzene rings is 2. The van der Waals surface area contributed by atoms with Crippen LogP contribution < -0.4 is 5.32 Å². The molecule has 1 heterocycles. The van der Waals surface area contributed by atoms with Gasteiger partial charge >= 0.3 is 6.18 Å². The van der Waals surface area contributed by atoms with E-state index >= 15 is 0 Å². The van der Waals surface area contributed by atoms with E-state index in [-0.39, 0.29) is 17.5 Å². The Morgan fingerprint density at radius 1 is 1.00 bits per heavy atom. The number of hydrogen-bond acceptors (Lipinski definition) is 2. The fraction of sp³-hybridized carbons (Fsp3) is 0.350. The normalized spacial score (nSPS) is 16.4. The number of amides is 1. The maximum Gasteiger partial charge on any atom is 0.416 e. The predicted octanol–water partition coefficient (Wildman–Crippen LogP) is 4.10. The number of rotatable bonds is 4. The number of likely N-dealkylation sites (tertiary alicyclic amines) is 1. The van der Waals surface area contributed by atoms with E-state index in [1.165, 1.54) is 17.7 Å². The van der Waals surface area contributed by atoms with Crippen LogP contribution in [0, 0.1) is 0 Å². The molecule has 138 valence electrons. The Bertz CT molecular complexity index is 721. The summed E-state index contributed by atoms with van der Waals surface area (Å²) in [6.07, 6.45) is -2.72. The lowest BCUT2D eigenvalue weighted by Crippen LogP contribution is -2.44. The van der Waals surface area contributed by atoms with Gasteiger partial charge in [0.2, 0.25) is 0 Å². The van der Waals surface area contributed by atoms with E-state index in [1.54, 1.807) is 0 Å². The molecule has 0 atom stereocenters. The van der Waals surface area contributed by atoms with Crippen LogP contribution in [0.2, 0.25) is 0 Å². The third-order valence-electron chi connectivity index (χ3n) is 4.65. The van der Waals surface area contributed by atoms with Gasteiger partial charge in [0.1, 0.15) is 0 Å². The van der Waals surface area contributed by atoms with E-state index in [2.05, 4.69) is 22.3 Å². The lowest BCUT2D eigenvalue weighted by molar-refractivity contribution is -0.137. The molecule has 0 radical (unpaired) electrons. The average molecular weight is 362 g/mol. The average Bonchev–Trinajstić information content (AvgIpc) is 2.63. The summed E-state index contributed by atoms with van der Waals surface area (Å²) in [6.45, 7) is 2.65. The minimum Gasteiger partial charge on any atom is -0.349 e. The quantitative estimate of drug-likeness (QED) is 0.888. The molecule has 1 fully saturated rings. The van der Waals surface area contributed by atoms with Crippen LogP contribution in [0.3, 0.4) is 0 Å². The van der Waals surface area contributed by atoms with Gasteiger partial charge in [0.15, 0.2) is 0 Å². The second kappa shape index (κ2) is 7.91. The fourth-order valence-corrected chi connectivity index (χ4v) is 3.16. The van der Waals surface area contributed by atoms with E-state index < -0.39 is 11.7 Å². The van der Waals surface area contributed by atoms with E-state index in [0.29, 0.717) is 0 Å². The topological polar surface area (TPSA) is 32.3 Å². The molecule has 0 unspecified atom stereocenters. The molecule has 3 rings (SSSR count). The molecule has 1 aliphatic heterocycles.